The van der Waals surface area contributed by atoms with E-state index in [9.17, 15) is 31.8 Å². The molecule has 0 saturated carbocycles. The van der Waals surface area contributed by atoms with Crippen molar-refractivity contribution in [2.75, 3.05) is 59.0 Å². The largest absolute Gasteiger partial charge is 0.370 e. The van der Waals surface area contributed by atoms with Gasteiger partial charge in [-0.2, -0.15) is 0 Å². The second kappa shape index (κ2) is 28.6. The molecule has 0 aromatic heterocycles. The first kappa shape index (κ1) is 56.9. The van der Waals surface area contributed by atoms with E-state index >= 15 is 0 Å². The number of aliphatic imine (C=N–C) groups is 3. The van der Waals surface area contributed by atoms with E-state index in [0.29, 0.717) is 47.7 Å². The van der Waals surface area contributed by atoms with Gasteiger partial charge in [-0.3, -0.25) is 38.4 Å². The van der Waals surface area contributed by atoms with Gasteiger partial charge in [0, 0.05) is 75.0 Å². The normalized spacial score (nSPS) is 12.2. The number of amides is 4. The fourth-order valence-corrected chi connectivity index (χ4v) is 9.33. The van der Waals surface area contributed by atoms with Gasteiger partial charge in [0.15, 0.2) is 21.8 Å². The lowest BCUT2D eigenvalue weighted by molar-refractivity contribution is -0.117. The third-order valence-corrected chi connectivity index (χ3v) is 12.8. The van der Waals surface area contributed by atoms with Crippen LogP contribution in [0.3, 0.4) is 0 Å². The maximum Gasteiger partial charge on any atom is 0.274 e. The molecule has 4 amide bonds. The third kappa shape index (κ3) is 20.1. The molecule has 1 atom stereocenters. The SMILES string of the molecule is C=C(/C=C(\N=CC)C(=O)Nc1cc(Br)cc(NC(=O)CCCCN=C(N)N)c1S(=O)(=O)CCN)C(=O)Nc1cc(Br)cc(NC(=O)CCCCN=C(N)N)c1S(=C)(=O)CCN.CCC. The molecule has 1 unspecified atom stereocenters. The summed E-state index contributed by atoms with van der Waals surface area (Å²) in [4.78, 5) is 64.8. The molecule has 2 aromatic carbocycles. The number of halogens is 2. The number of rotatable bonds is 24. The molecule has 20 nitrogen and oxygen atoms in total. The Morgan fingerprint density at radius 1 is 0.688 bits per heavy atom. The van der Waals surface area contributed by atoms with Crippen LogP contribution in [0.15, 0.2) is 81.9 Å². The first-order valence-electron chi connectivity index (χ1n) is 19.9. The van der Waals surface area contributed by atoms with Crippen molar-refractivity contribution in [2.24, 2.45) is 49.4 Å². The molecule has 16 N–H and O–H groups in total. The van der Waals surface area contributed by atoms with Crippen LogP contribution >= 0.6 is 31.9 Å². The second-order valence-electron chi connectivity index (χ2n) is 13.8. The number of unbranched alkanes of at least 4 members (excludes halogenated alkanes) is 2. The van der Waals surface area contributed by atoms with Crippen LogP contribution in [0.1, 0.15) is 65.7 Å². The van der Waals surface area contributed by atoms with E-state index in [0.717, 1.165) is 6.08 Å². The van der Waals surface area contributed by atoms with Crippen molar-refractivity contribution < 1.29 is 31.8 Å². The average Bonchev–Trinajstić information content (AvgIpc) is 3.16. The zero-order valence-electron chi connectivity index (χ0n) is 36.3. The number of nitrogens with one attached hydrogen (secondary N) is 4. The topological polar surface area (TPSA) is 361 Å². The minimum atomic E-state index is -4.21. The van der Waals surface area contributed by atoms with E-state index in [1.807, 2.05) is 0 Å². The number of sulfone groups is 1. The molecule has 354 valence electrons. The fourth-order valence-electron chi connectivity index (χ4n) is 5.40. The van der Waals surface area contributed by atoms with Gasteiger partial charge < -0.3 is 55.7 Å². The van der Waals surface area contributed by atoms with Crippen molar-refractivity contribution in [2.45, 2.75) is 75.5 Å². The van der Waals surface area contributed by atoms with Gasteiger partial charge >= 0.3 is 0 Å². The van der Waals surface area contributed by atoms with Crippen LogP contribution < -0.4 is 55.7 Å². The first-order valence-corrected chi connectivity index (χ1v) is 25.1. The summed E-state index contributed by atoms with van der Waals surface area (Å²) in [7, 11) is -7.44. The van der Waals surface area contributed by atoms with Crippen LogP contribution in [0.2, 0.25) is 0 Å². The monoisotopic (exact) mass is 1060 g/mol. The van der Waals surface area contributed by atoms with Crippen LogP contribution in [0.5, 0.6) is 0 Å². The number of nitrogens with two attached hydrogens (primary N) is 6. The van der Waals surface area contributed by atoms with Gasteiger partial charge in [0.05, 0.1) is 33.4 Å². The van der Waals surface area contributed by atoms with E-state index in [1.165, 1.54) is 43.8 Å². The zero-order valence-corrected chi connectivity index (χ0v) is 41.1. The molecule has 0 spiro atoms. The summed E-state index contributed by atoms with van der Waals surface area (Å²) >= 11 is 6.68. The Morgan fingerprint density at radius 2 is 1.09 bits per heavy atom. The highest BCUT2D eigenvalue weighted by Gasteiger charge is 2.27. The van der Waals surface area contributed by atoms with Gasteiger partial charge in [-0.25, -0.2) is 8.42 Å². The van der Waals surface area contributed by atoms with Crippen molar-refractivity contribution in [1.29, 1.82) is 0 Å². The van der Waals surface area contributed by atoms with Crippen molar-refractivity contribution in [3.8, 4) is 0 Å². The summed E-state index contributed by atoms with van der Waals surface area (Å²) in [6.07, 6.45) is 5.47. The number of anilines is 4. The molecule has 0 heterocycles. The third-order valence-electron chi connectivity index (χ3n) is 7.99. The zero-order chi connectivity index (χ0) is 48.6. The molecular weight excluding hydrogens is 998 g/mol. The number of hydrogen-bond donors (Lipinski definition) is 10. The quantitative estimate of drug-likeness (QED) is 0.0180. The number of benzene rings is 2. The minimum absolute atomic E-state index is 0.00246. The van der Waals surface area contributed by atoms with Crippen molar-refractivity contribution in [3.05, 3.63) is 57.1 Å². The Morgan fingerprint density at radius 3 is 1.52 bits per heavy atom. The Labute approximate surface area is 392 Å². The molecule has 24 heteroatoms. The molecular formula is C40H61Br2N13O7S2. The Balaban J connectivity index is 0.00000662. The highest BCUT2D eigenvalue weighted by molar-refractivity contribution is 9.10. The molecule has 0 aliphatic rings. The molecule has 2 aromatic rings. The lowest BCUT2D eigenvalue weighted by Crippen LogP contribution is -2.23. The first-order chi connectivity index (χ1) is 30.1. The summed E-state index contributed by atoms with van der Waals surface area (Å²) < 4.78 is 41.8. The highest BCUT2D eigenvalue weighted by atomic mass is 79.9. The molecule has 0 fully saturated rings. The predicted octanol–water partition coefficient (Wildman–Crippen LogP) is 3.27. The molecule has 2 rings (SSSR count). The number of hydrogen-bond acceptors (Lipinski definition) is 12. The van der Waals surface area contributed by atoms with Crippen LogP contribution in [0, 0.1) is 0 Å². The summed E-state index contributed by atoms with van der Waals surface area (Å²) in [5.41, 5.74) is 31.8. The standard InChI is InChI=1S/C37H53Br2N13O7S2.C3H8/c1-4-46-29(35(56)52-28-21-24(39)20-27(33(28)61(58,59)16-12-41)50-31(54)10-6-8-14-48-37(44)45)17-22(2)34(55)51-26-19-23(38)18-25(32(26)60(3,57)15-11-40)49-30(53)9-5-7-13-47-36(42)43;1-3-2/h4,17-21H,2-3,5-16,40-41H2,1H3,(H,49,53)(H,50,54)(H,51,55)(H,52,56)(H4,42,43,47)(H4,44,45,48);3H2,1-2H3/b29-17-,46-4?;. The number of guanidine groups is 2. The summed E-state index contributed by atoms with van der Waals surface area (Å²) in [6.45, 7) is 9.87. The molecule has 0 aliphatic carbocycles. The number of carbonyl (C=O) groups excluding carboxylic acids is 4. The van der Waals surface area contributed by atoms with Gasteiger partial charge in [-0.1, -0.05) is 58.7 Å². The van der Waals surface area contributed by atoms with Crippen molar-refractivity contribution in [1.82, 2.24) is 0 Å². The van der Waals surface area contributed by atoms with E-state index in [2.05, 4.69) is 94.4 Å². The molecule has 0 saturated heterocycles. The maximum absolute atomic E-state index is 14.0. The second-order valence-corrected chi connectivity index (χ2v) is 20.1. The molecule has 0 bridgehead atoms. The predicted molar refractivity (Wildman–Crippen MR) is 268 cm³/mol. The number of carbonyl (C=O) groups is 4. The van der Waals surface area contributed by atoms with Crippen LogP contribution in [-0.4, -0.2) is 97.9 Å². The van der Waals surface area contributed by atoms with E-state index in [4.69, 9.17) is 34.4 Å². The summed E-state index contributed by atoms with van der Waals surface area (Å²) in [6, 6.07) is 5.64. The van der Waals surface area contributed by atoms with E-state index in [-0.39, 0.29) is 82.5 Å². The van der Waals surface area contributed by atoms with Gasteiger partial charge in [-0.15, -0.1) is 0 Å². The van der Waals surface area contributed by atoms with Crippen LogP contribution in [0.4, 0.5) is 22.7 Å². The van der Waals surface area contributed by atoms with Crippen LogP contribution in [0.25, 0.3) is 0 Å². The fraction of sp³-hybridized carbons (Fsp3) is 0.400. The molecule has 0 radical (unpaired) electrons. The lowest BCUT2D eigenvalue weighted by atomic mass is 10.2. The Bertz CT molecular complexity index is 2330. The summed E-state index contributed by atoms with van der Waals surface area (Å²) in [5, 5.41) is 10.5. The molecule has 64 heavy (non-hydrogen) atoms. The van der Waals surface area contributed by atoms with Gasteiger partial charge in [0.1, 0.15) is 10.6 Å². The van der Waals surface area contributed by atoms with Crippen LogP contribution in [-0.2, 0) is 38.5 Å². The van der Waals surface area contributed by atoms with Crippen molar-refractivity contribution in [3.63, 3.8) is 0 Å². The van der Waals surface area contributed by atoms with Crippen molar-refractivity contribution >= 4 is 122 Å². The average molecular weight is 1060 g/mol. The smallest absolute Gasteiger partial charge is 0.274 e. The van der Waals surface area contributed by atoms with E-state index < -0.39 is 53.6 Å². The lowest BCUT2D eigenvalue weighted by Gasteiger charge is -2.20. The molecule has 0 aliphatic heterocycles. The van der Waals surface area contributed by atoms with Gasteiger partial charge in [-0.05, 0) is 68.8 Å². The Kier molecular flexibility index (Phi) is 25.4. The number of nitrogens with zero attached hydrogens (tertiary/aromatic N) is 3. The highest BCUT2D eigenvalue weighted by Crippen LogP contribution is 2.36. The van der Waals surface area contributed by atoms with E-state index in [1.54, 1.807) is 0 Å². The summed E-state index contributed by atoms with van der Waals surface area (Å²) in [5.74, 6) is 0.339. The maximum atomic E-state index is 14.0. The Hall–Kier alpha value is -5.14. The van der Waals surface area contributed by atoms with Gasteiger partial charge in [0.25, 0.3) is 11.8 Å². The minimum Gasteiger partial charge on any atom is -0.370 e. The van der Waals surface area contributed by atoms with Gasteiger partial charge in [0.2, 0.25) is 11.8 Å².